The average molecular weight is 355 g/mol. The third-order valence-electron chi connectivity index (χ3n) is 4.91. The molecule has 0 aliphatic carbocycles. The maximum atomic E-state index is 10.4. The van der Waals surface area contributed by atoms with E-state index in [1.807, 2.05) is 31.2 Å². The lowest BCUT2D eigenvalue weighted by Crippen LogP contribution is -2.36. The van der Waals surface area contributed by atoms with Gasteiger partial charge in [0.2, 0.25) is 0 Å². The number of aromatic nitrogens is 4. The Bertz CT molecular complexity index is 926. The van der Waals surface area contributed by atoms with Crippen molar-refractivity contribution in [2.24, 2.45) is 0 Å². The summed E-state index contributed by atoms with van der Waals surface area (Å²) in [6.07, 6.45) is 2.33. The summed E-state index contributed by atoms with van der Waals surface area (Å²) in [7, 11) is 0. The molecule has 0 radical (unpaired) electrons. The molecule has 3 atom stereocenters. The molecule has 1 saturated heterocycles. The van der Waals surface area contributed by atoms with E-state index >= 15 is 0 Å². The maximum Gasteiger partial charge on any atom is 0.167 e. The number of nitrogen functional groups attached to an aromatic ring is 1. The molecule has 26 heavy (non-hydrogen) atoms. The zero-order valence-corrected chi connectivity index (χ0v) is 14.4. The number of aryl methyl sites for hydroxylation is 1. The van der Waals surface area contributed by atoms with Crippen LogP contribution in [0.3, 0.4) is 0 Å². The number of hydrogen-bond donors (Lipinski definition) is 3. The first kappa shape index (κ1) is 16.9. The number of aliphatic hydroxyl groups excluding tert-OH is 2. The Morgan fingerprint density at radius 1 is 1.27 bits per heavy atom. The maximum absolute atomic E-state index is 10.4. The minimum Gasteiger partial charge on any atom is -0.394 e. The zero-order chi connectivity index (χ0) is 18.3. The Kier molecular flexibility index (Phi) is 4.10. The Morgan fingerprint density at radius 3 is 2.73 bits per heavy atom. The van der Waals surface area contributed by atoms with Crippen molar-refractivity contribution >= 4 is 17.0 Å². The van der Waals surface area contributed by atoms with Crippen molar-refractivity contribution in [3.05, 3.63) is 48.0 Å². The predicted octanol–water partition coefficient (Wildman–Crippen LogP) is 0.755. The summed E-state index contributed by atoms with van der Waals surface area (Å²) < 4.78 is 7.95. The van der Waals surface area contributed by atoms with Gasteiger partial charge in [-0.25, -0.2) is 15.0 Å². The van der Waals surface area contributed by atoms with Crippen LogP contribution in [-0.4, -0.2) is 48.5 Å². The second-order valence-corrected chi connectivity index (χ2v) is 6.76. The first-order chi connectivity index (χ1) is 12.5. The quantitative estimate of drug-likeness (QED) is 0.632. The molecular weight excluding hydrogens is 334 g/mol. The highest BCUT2D eigenvalue weighted by molar-refractivity contribution is 5.81. The topological polar surface area (TPSA) is 119 Å². The third kappa shape index (κ3) is 2.72. The van der Waals surface area contributed by atoms with Gasteiger partial charge in [-0.1, -0.05) is 29.8 Å². The molecule has 1 aliphatic rings. The Balaban J connectivity index is 1.82. The molecule has 0 saturated carbocycles. The second-order valence-electron chi connectivity index (χ2n) is 6.76. The van der Waals surface area contributed by atoms with E-state index in [9.17, 15) is 10.2 Å². The minimum absolute atomic E-state index is 0.263. The molecule has 0 unspecified atom stereocenters. The van der Waals surface area contributed by atoms with E-state index in [0.29, 0.717) is 24.0 Å². The fourth-order valence-corrected chi connectivity index (χ4v) is 3.56. The molecule has 3 aromatic rings. The van der Waals surface area contributed by atoms with E-state index in [1.165, 1.54) is 6.33 Å². The smallest absolute Gasteiger partial charge is 0.167 e. The summed E-state index contributed by atoms with van der Waals surface area (Å²) in [5.41, 5.74) is 8.22. The van der Waals surface area contributed by atoms with Gasteiger partial charge in [-0.05, 0) is 12.5 Å². The molecule has 0 amide bonds. The summed E-state index contributed by atoms with van der Waals surface area (Å²) in [5, 5.41) is 20.0. The number of imidazole rings is 1. The number of ether oxygens (including phenoxy) is 1. The highest BCUT2D eigenvalue weighted by atomic mass is 16.6. The number of anilines is 1. The van der Waals surface area contributed by atoms with Crippen molar-refractivity contribution in [2.45, 2.75) is 37.7 Å². The minimum atomic E-state index is -0.919. The van der Waals surface area contributed by atoms with Crippen molar-refractivity contribution in [1.29, 1.82) is 0 Å². The molecule has 8 heteroatoms. The first-order valence-corrected chi connectivity index (χ1v) is 8.49. The van der Waals surface area contributed by atoms with Gasteiger partial charge in [-0.2, -0.15) is 0 Å². The van der Waals surface area contributed by atoms with Crippen LogP contribution in [0, 0.1) is 6.92 Å². The van der Waals surface area contributed by atoms with E-state index in [1.54, 1.807) is 10.9 Å². The SMILES string of the molecule is Cc1ccc(C[C@]2(n3cnc4c(N)ncnc43)C[C@H](O)[C@@H](CO)O2)cc1. The van der Waals surface area contributed by atoms with Crippen LogP contribution in [0.15, 0.2) is 36.9 Å². The lowest BCUT2D eigenvalue weighted by molar-refractivity contribution is -0.114. The fourth-order valence-electron chi connectivity index (χ4n) is 3.56. The van der Waals surface area contributed by atoms with Gasteiger partial charge in [0.25, 0.3) is 0 Å². The lowest BCUT2D eigenvalue weighted by Gasteiger charge is -2.31. The predicted molar refractivity (Wildman–Crippen MR) is 95.2 cm³/mol. The average Bonchev–Trinajstić information content (AvgIpc) is 3.20. The van der Waals surface area contributed by atoms with Gasteiger partial charge in [0.15, 0.2) is 17.2 Å². The summed E-state index contributed by atoms with van der Waals surface area (Å²) in [5.74, 6) is 0.288. The highest BCUT2D eigenvalue weighted by Gasteiger charge is 2.48. The number of benzene rings is 1. The van der Waals surface area contributed by atoms with Crippen LogP contribution in [0.25, 0.3) is 11.2 Å². The largest absolute Gasteiger partial charge is 0.394 e. The number of nitrogens with zero attached hydrogens (tertiary/aromatic N) is 4. The molecule has 3 heterocycles. The summed E-state index contributed by atoms with van der Waals surface area (Å²) in [6, 6.07) is 8.12. The van der Waals surface area contributed by atoms with Gasteiger partial charge in [0.05, 0.1) is 19.0 Å². The van der Waals surface area contributed by atoms with Crippen LogP contribution in [0.5, 0.6) is 0 Å². The van der Waals surface area contributed by atoms with E-state index in [2.05, 4.69) is 15.0 Å². The zero-order valence-electron chi connectivity index (χ0n) is 14.4. The van der Waals surface area contributed by atoms with Crippen molar-refractivity contribution in [2.75, 3.05) is 12.3 Å². The second kappa shape index (κ2) is 6.31. The summed E-state index contributed by atoms with van der Waals surface area (Å²) in [6.45, 7) is 1.76. The molecule has 0 spiro atoms. The molecule has 4 N–H and O–H groups in total. The van der Waals surface area contributed by atoms with Gasteiger partial charge < -0.3 is 20.7 Å². The molecule has 4 rings (SSSR count). The highest BCUT2D eigenvalue weighted by Crippen LogP contribution is 2.40. The van der Waals surface area contributed by atoms with E-state index < -0.39 is 17.9 Å². The Hall–Kier alpha value is -2.55. The monoisotopic (exact) mass is 355 g/mol. The Labute approximate surface area is 150 Å². The first-order valence-electron chi connectivity index (χ1n) is 8.49. The lowest BCUT2D eigenvalue weighted by atomic mass is 9.97. The van der Waals surface area contributed by atoms with Crippen LogP contribution in [-0.2, 0) is 16.9 Å². The molecule has 0 bridgehead atoms. The van der Waals surface area contributed by atoms with Crippen LogP contribution in [0.1, 0.15) is 17.5 Å². The van der Waals surface area contributed by atoms with E-state index in [0.717, 1.165) is 11.1 Å². The van der Waals surface area contributed by atoms with E-state index in [4.69, 9.17) is 10.5 Å². The number of nitrogens with two attached hydrogens (primary N) is 1. The number of rotatable bonds is 4. The van der Waals surface area contributed by atoms with Crippen LogP contribution in [0.2, 0.25) is 0 Å². The molecular formula is C18H21N5O3. The Morgan fingerprint density at radius 2 is 2.04 bits per heavy atom. The van der Waals surface area contributed by atoms with Gasteiger partial charge in [0.1, 0.15) is 17.9 Å². The van der Waals surface area contributed by atoms with Crippen LogP contribution < -0.4 is 5.73 Å². The number of aliphatic hydroxyl groups is 2. The normalized spacial score (nSPS) is 25.8. The van der Waals surface area contributed by atoms with Crippen molar-refractivity contribution in [1.82, 2.24) is 19.5 Å². The molecule has 8 nitrogen and oxygen atoms in total. The van der Waals surface area contributed by atoms with Crippen LogP contribution in [0.4, 0.5) is 5.82 Å². The standard InChI is InChI=1S/C18H21N5O3/c1-11-2-4-12(5-3-11)6-18(7-13(25)14(8-24)26-18)23-10-22-15-16(19)20-9-21-17(15)23/h2-5,9-10,13-14,24-25H,6-8H2,1H3,(H2,19,20,21)/t13-,14+,18+/m0/s1. The fraction of sp³-hybridized carbons (Fsp3) is 0.389. The van der Waals surface area contributed by atoms with Crippen molar-refractivity contribution < 1.29 is 14.9 Å². The molecule has 2 aromatic heterocycles. The molecule has 1 aliphatic heterocycles. The van der Waals surface area contributed by atoms with Gasteiger partial charge in [-0.15, -0.1) is 0 Å². The van der Waals surface area contributed by atoms with E-state index in [-0.39, 0.29) is 12.4 Å². The van der Waals surface area contributed by atoms with Crippen molar-refractivity contribution in [3.8, 4) is 0 Å². The van der Waals surface area contributed by atoms with Crippen molar-refractivity contribution in [3.63, 3.8) is 0 Å². The molecule has 1 aromatic carbocycles. The third-order valence-corrected chi connectivity index (χ3v) is 4.91. The van der Waals surface area contributed by atoms with Gasteiger partial charge in [-0.3, -0.25) is 4.57 Å². The van der Waals surface area contributed by atoms with Gasteiger partial charge in [0, 0.05) is 12.8 Å². The molecule has 1 fully saturated rings. The number of hydrogen-bond acceptors (Lipinski definition) is 7. The summed E-state index contributed by atoms with van der Waals surface area (Å²) >= 11 is 0. The van der Waals surface area contributed by atoms with Gasteiger partial charge >= 0.3 is 0 Å². The number of fused-ring (bicyclic) bond motifs is 1. The molecule has 136 valence electrons. The summed E-state index contributed by atoms with van der Waals surface area (Å²) in [4.78, 5) is 12.6. The van der Waals surface area contributed by atoms with Crippen LogP contribution >= 0.6 is 0 Å².